The predicted molar refractivity (Wildman–Crippen MR) is 172 cm³/mol. The molecule has 1 aliphatic heterocycles. The molecule has 0 radical (unpaired) electrons. The van der Waals surface area contributed by atoms with Crippen LogP contribution in [0.3, 0.4) is 0 Å². The average molecular weight is 574 g/mol. The number of para-hydroxylation sites is 1. The van der Waals surface area contributed by atoms with Crippen LogP contribution in [0.25, 0.3) is 0 Å². The van der Waals surface area contributed by atoms with E-state index >= 15 is 0 Å². The van der Waals surface area contributed by atoms with Crippen LogP contribution in [-0.2, 0) is 16.1 Å². The van der Waals surface area contributed by atoms with Crippen LogP contribution in [0.1, 0.15) is 73.1 Å². The summed E-state index contributed by atoms with van der Waals surface area (Å²) in [5, 5.41) is 10.3. The van der Waals surface area contributed by atoms with Gasteiger partial charge in [-0.1, -0.05) is 111 Å². The van der Waals surface area contributed by atoms with E-state index in [1.54, 1.807) is 12.1 Å². The van der Waals surface area contributed by atoms with Gasteiger partial charge in [0.15, 0.2) is 0 Å². The molecule has 6 heteroatoms. The SMILES string of the molecule is CCCCC1C(c2ccc(C(=O)OCc3ccccc3)cc2)=NN(c2ccccc2)C1(C)C(=O)N[C@@H](C)c1ccccc1. The van der Waals surface area contributed by atoms with Crippen LogP contribution >= 0.6 is 0 Å². The number of esters is 1. The van der Waals surface area contributed by atoms with Gasteiger partial charge in [0.25, 0.3) is 0 Å². The maximum Gasteiger partial charge on any atom is 0.338 e. The minimum absolute atomic E-state index is 0.0753. The predicted octanol–water partition coefficient (Wildman–Crippen LogP) is 7.71. The maximum atomic E-state index is 14.3. The summed E-state index contributed by atoms with van der Waals surface area (Å²) in [6.45, 7) is 6.38. The van der Waals surface area contributed by atoms with Crippen LogP contribution in [0.15, 0.2) is 120 Å². The van der Waals surface area contributed by atoms with E-state index in [0.29, 0.717) is 5.56 Å². The van der Waals surface area contributed by atoms with Crippen LogP contribution in [0.2, 0.25) is 0 Å². The standard InChI is InChI=1S/C37H39N3O3/c1-4-5-21-33-34(30-22-24-31(25-23-30)35(41)43-26-28-15-9-6-10-16-28)39-40(32-19-13-8-14-20-32)37(33,3)36(42)38-27(2)29-17-11-7-12-18-29/h6-20,22-25,27,33H,4-5,21,26H2,1-3H3,(H,38,42)/t27-,33?,37?/m0/s1. The molecular weight excluding hydrogens is 534 g/mol. The Balaban J connectivity index is 1.45. The van der Waals surface area contributed by atoms with Gasteiger partial charge < -0.3 is 10.1 Å². The first-order valence-corrected chi connectivity index (χ1v) is 15.0. The largest absolute Gasteiger partial charge is 0.457 e. The van der Waals surface area contributed by atoms with Crippen molar-refractivity contribution in [1.82, 2.24) is 5.32 Å². The number of rotatable bonds is 11. The molecule has 4 aromatic carbocycles. The van der Waals surface area contributed by atoms with Crippen LogP contribution < -0.4 is 10.3 Å². The molecule has 0 fully saturated rings. The van der Waals surface area contributed by atoms with Gasteiger partial charge in [0.2, 0.25) is 5.91 Å². The van der Waals surface area contributed by atoms with E-state index in [9.17, 15) is 9.59 Å². The number of ether oxygens (including phenoxy) is 1. The molecule has 0 saturated heterocycles. The van der Waals surface area contributed by atoms with E-state index in [0.717, 1.165) is 47.4 Å². The molecule has 0 bridgehead atoms. The lowest BCUT2D eigenvalue weighted by Crippen LogP contribution is -2.58. The molecule has 0 spiro atoms. The Morgan fingerprint density at radius 1 is 0.884 bits per heavy atom. The summed E-state index contributed by atoms with van der Waals surface area (Å²) in [6.07, 6.45) is 2.75. The zero-order chi connectivity index (χ0) is 30.2. The molecule has 0 aromatic heterocycles. The molecule has 2 unspecified atom stereocenters. The van der Waals surface area contributed by atoms with Gasteiger partial charge >= 0.3 is 5.97 Å². The van der Waals surface area contributed by atoms with Crippen molar-refractivity contribution in [2.24, 2.45) is 11.0 Å². The molecule has 220 valence electrons. The first-order valence-electron chi connectivity index (χ1n) is 15.0. The van der Waals surface area contributed by atoms with Crippen molar-refractivity contribution in [3.8, 4) is 0 Å². The summed E-state index contributed by atoms with van der Waals surface area (Å²) in [4.78, 5) is 27.1. The van der Waals surface area contributed by atoms with Gasteiger partial charge in [0.05, 0.1) is 23.0 Å². The Hall–Kier alpha value is -4.71. The van der Waals surface area contributed by atoms with Crippen molar-refractivity contribution in [2.45, 2.75) is 58.2 Å². The normalized spacial score (nSPS) is 18.5. The second kappa shape index (κ2) is 13.5. The number of nitrogens with one attached hydrogen (secondary N) is 1. The number of anilines is 1. The number of carbonyl (C=O) groups is 2. The number of amides is 1. The van der Waals surface area contributed by atoms with Gasteiger partial charge in [-0.05, 0) is 61.2 Å². The lowest BCUT2D eigenvalue weighted by Gasteiger charge is -2.38. The third kappa shape index (κ3) is 6.54. The molecule has 1 aliphatic rings. The molecule has 3 atom stereocenters. The van der Waals surface area contributed by atoms with Gasteiger partial charge in [0.1, 0.15) is 12.1 Å². The van der Waals surface area contributed by atoms with Crippen LogP contribution in [0, 0.1) is 5.92 Å². The number of benzene rings is 4. The summed E-state index contributed by atoms with van der Waals surface area (Å²) >= 11 is 0. The monoisotopic (exact) mass is 573 g/mol. The molecule has 0 aliphatic carbocycles. The van der Waals surface area contributed by atoms with Gasteiger partial charge in [-0.2, -0.15) is 5.10 Å². The highest BCUT2D eigenvalue weighted by molar-refractivity contribution is 6.11. The quantitative estimate of drug-likeness (QED) is 0.187. The lowest BCUT2D eigenvalue weighted by molar-refractivity contribution is -0.127. The van der Waals surface area contributed by atoms with Crippen LogP contribution in [-0.4, -0.2) is 23.1 Å². The third-order valence-corrected chi connectivity index (χ3v) is 8.24. The number of unbranched alkanes of at least 4 members (excludes halogenated alkanes) is 1. The van der Waals surface area contributed by atoms with E-state index in [1.807, 2.05) is 122 Å². The molecule has 1 heterocycles. The Bertz CT molecular complexity index is 1540. The topological polar surface area (TPSA) is 71.0 Å². The molecule has 43 heavy (non-hydrogen) atoms. The summed E-state index contributed by atoms with van der Waals surface area (Å²) in [5.74, 6) is -0.628. The zero-order valence-corrected chi connectivity index (χ0v) is 25.1. The first-order chi connectivity index (χ1) is 20.9. The third-order valence-electron chi connectivity index (χ3n) is 8.24. The number of hydrogen-bond donors (Lipinski definition) is 1. The van der Waals surface area contributed by atoms with Gasteiger partial charge in [0, 0.05) is 5.92 Å². The van der Waals surface area contributed by atoms with E-state index in [1.165, 1.54) is 0 Å². The van der Waals surface area contributed by atoms with Crippen molar-refractivity contribution < 1.29 is 14.3 Å². The summed E-state index contributed by atoms with van der Waals surface area (Å²) < 4.78 is 5.54. The number of carbonyl (C=O) groups excluding carboxylic acids is 2. The summed E-state index contributed by atoms with van der Waals surface area (Å²) in [6, 6.07) is 36.7. The van der Waals surface area contributed by atoms with Crippen LogP contribution in [0.5, 0.6) is 0 Å². The van der Waals surface area contributed by atoms with Crippen molar-refractivity contribution >= 4 is 23.3 Å². The molecule has 6 nitrogen and oxygen atoms in total. The molecule has 4 aromatic rings. The number of hydrogen-bond acceptors (Lipinski definition) is 5. The van der Waals surface area contributed by atoms with Gasteiger partial charge in [-0.25, -0.2) is 9.80 Å². The fourth-order valence-electron chi connectivity index (χ4n) is 5.68. The smallest absolute Gasteiger partial charge is 0.338 e. The minimum Gasteiger partial charge on any atom is -0.457 e. The molecule has 0 saturated carbocycles. The van der Waals surface area contributed by atoms with E-state index in [4.69, 9.17) is 9.84 Å². The molecule has 5 rings (SSSR count). The highest BCUT2D eigenvalue weighted by atomic mass is 16.5. The van der Waals surface area contributed by atoms with Crippen molar-refractivity contribution in [1.29, 1.82) is 0 Å². The van der Waals surface area contributed by atoms with Gasteiger partial charge in [-0.3, -0.25) is 4.79 Å². The highest BCUT2D eigenvalue weighted by Gasteiger charge is 2.53. The first kappa shape index (κ1) is 29.8. The Kier molecular flexibility index (Phi) is 9.35. The minimum atomic E-state index is -0.970. The molecule has 1 N–H and O–H groups in total. The molecule has 1 amide bonds. The van der Waals surface area contributed by atoms with Gasteiger partial charge in [-0.15, -0.1) is 0 Å². The second-order valence-corrected chi connectivity index (χ2v) is 11.2. The van der Waals surface area contributed by atoms with Crippen molar-refractivity contribution in [3.05, 3.63) is 138 Å². The summed E-state index contributed by atoms with van der Waals surface area (Å²) in [5.41, 5.74) is 4.06. The zero-order valence-electron chi connectivity index (χ0n) is 25.1. The Labute approximate surface area is 254 Å². The van der Waals surface area contributed by atoms with E-state index in [2.05, 4.69) is 12.2 Å². The second-order valence-electron chi connectivity index (χ2n) is 11.2. The lowest BCUT2D eigenvalue weighted by atomic mass is 9.76. The van der Waals surface area contributed by atoms with E-state index < -0.39 is 5.54 Å². The fraction of sp³-hybridized carbons (Fsp3) is 0.270. The average Bonchev–Trinajstić information content (AvgIpc) is 3.36. The highest BCUT2D eigenvalue weighted by Crippen LogP contribution is 2.42. The summed E-state index contributed by atoms with van der Waals surface area (Å²) in [7, 11) is 0. The fourth-order valence-corrected chi connectivity index (χ4v) is 5.68. The van der Waals surface area contributed by atoms with E-state index in [-0.39, 0.29) is 30.4 Å². The maximum absolute atomic E-state index is 14.3. The molecular formula is C37H39N3O3. The number of nitrogens with zero attached hydrogens (tertiary/aromatic N) is 2. The van der Waals surface area contributed by atoms with Crippen molar-refractivity contribution in [2.75, 3.05) is 5.01 Å². The number of hydrazone groups is 1. The van der Waals surface area contributed by atoms with Crippen LogP contribution in [0.4, 0.5) is 5.69 Å². The Morgan fingerprint density at radius 2 is 1.49 bits per heavy atom. The van der Waals surface area contributed by atoms with Crippen molar-refractivity contribution in [3.63, 3.8) is 0 Å². The Morgan fingerprint density at radius 3 is 2.12 bits per heavy atom.